The van der Waals surface area contributed by atoms with Gasteiger partial charge in [0.25, 0.3) is 0 Å². The van der Waals surface area contributed by atoms with E-state index in [-0.39, 0.29) is 21.3 Å². The van der Waals surface area contributed by atoms with Gasteiger partial charge in [0.05, 0.1) is 27.0 Å². The van der Waals surface area contributed by atoms with Crippen molar-refractivity contribution in [2.24, 2.45) is 0 Å². The quantitative estimate of drug-likeness (QED) is 0.596. The van der Waals surface area contributed by atoms with Crippen molar-refractivity contribution in [2.75, 3.05) is 0 Å². The summed E-state index contributed by atoms with van der Waals surface area (Å²) < 4.78 is 13.0. The summed E-state index contributed by atoms with van der Waals surface area (Å²) in [6.07, 6.45) is 1.51. The number of rotatable bonds is 2. The highest BCUT2D eigenvalue weighted by Gasteiger charge is 2.15. The van der Waals surface area contributed by atoms with Crippen LogP contribution in [0, 0.1) is 5.82 Å². The number of benzene rings is 1. The second-order valence-electron chi connectivity index (χ2n) is 3.43. The Bertz CT molecular complexity index is 631. The van der Waals surface area contributed by atoms with Crippen LogP contribution in [0.1, 0.15) is 10.4 Å². The van der Waals surface area contributed by atoms with Gasteiger partial charge in [-0.2, -0.15) is 0 Å². The first-order valence-corrected chi connectivity index (χ1v) is 5.92. The van der Waals surface area contributed by atoms with Crippen LogP contribution in [0.25, 0.3) is 11.3 Å². The Labute approximate surface area is 117 Å². The second kappa shape index (κ2) is 5.22. The zero-order chi connectivity index (χ0) is 13.3. The maximum Gasteiger partial charge on any atom is 0.152 e. The molecular formula is C12H5Cl3FNO. The van der Waals surface area contributed by atoms with Crippen molar-refractivity contribution in [3.05, 3.63) is 50.8 Å². The SMILES string of the molecule is O=Cc1cc(F)cnc1-c1ccc(Cl)c(Cl)c1Cl. The summed E-state index contributed by atoms with van der Waals surface area (Å²) in [6.45, 7) is 0. The molecule has 0 bridgehead atoms. The first kappa shape index (κ1) is 13.3. The minimum atomic E-state index is -0.600. The van der Waals surface area contributed by atoms with E-state index in [1.165, 1.54) is 6.07 Å². The molecule has 0 unspecified atom stereocenters. The molecule has 1 heterocycles. The Morgan fingerprint density at radius 2 is 1.89 bits per heavy atom. The number of hydrogen-bond acceptors (Lipinski definition) is 2. The number of nitrogens with zero attached hydrogens (tertiary/aromatic N) is 1. The fraction of sp³-hybridized carbons (Fsp3) is 0. The van der Waals surface area contributed by atoms with Crippen molar-refractivity contribution in [2.45, 2.75) is 0 Å². The van der Waals surface area contributed by atoms with Crippen LogP contribution in [0.15, 0.2) is 24.4 Å². The van der Waals surface area contributed by atoms with Crippen LogP contribution >= 0.6 is 34.8 Å². The maximum absolute atomic E-state index is 13.0. The van der Waals surface area contributed by atoms with E-state index in [1.807, 2.05) is 0 Å². The van der Waals surface area contributed by atoms with Gasteiger partial charge >= 0.3 is 0 Å². The molecule has 2 rings (SSSR count). The first-order valence-electron chi connectivity index (χ1n) is 4.79. The van der Waals surface area contributed by atoms with Gasteiger partial charge < -0.3 is 0 Å². The highest BCUT2D eigenvalue weighted by Crippen LogP contribution is 2.38. The molecule has 0 N–H and O–H groups in total. The van der Waals surface area contributed by atoms with E-state index in [1.54, 1.807) is 6.07 Å². The molecule has 0 spiro atoms. The van der Waals surface area contributed by atoms with Gasteiger partial charge in [0.2, 0.25) is 0 Å². The normalized spacial score (nSPS) is 10.4. The summed E-state index contributed by atoms with van der Waals surface area (Å²) in [5, 5.41) is 0.630. The Balaban J connectivity index is 2.69. The summed E-state index contributed by atoms with van der Waals surface area (Å²) in [4.78, 5) is 14.8. The Kier molecular flexibility index (Phi) is 3.85. The molecule has 6 heteroatoms. The van der Waals surface area contributed by atoms with Crippen LogP contribution in [0.2, 0.25) is 15.1 Å². The average molecular weight is 305 g/mol. The van der Waals surface area contributed by atoms with Crippen molar-refractivity contribution in [1.29, 1.82) is 0 Å². The topological polar surface area (TPSA) is 30.0 Å². The molecular weight excluding hydrogens is 299 g/mol. The van der Waals surface area contributed by atoms with Gasteiger partial charge in [0, 0.05) is 11.1 Å². The van der Waals surface area contributed by atoms with Gasteiger partial charge in [-0.25, -0.2) is 4.39 Å². The number of aldehydes is 1. The minimum absolute atomic E-state index is 0.0929. The molecule has 18 heavy (non-hydrogen) atoms. The van der Waals surface area contributed by atoms with Crippen LogP contribution in [0.5, 0.6) is 0 Å². The molecule has 0 aliphatic rings. The summed E-state index contributed by atoms with van der Waals surface area (Å²) in [5.41, 5.74) is 0.776. The van der Waals surface area contributed by atoms with Crippen LogP contribution < -0.4 is 0 Å². The summed E-state index contributed by atoms with van der Waals surface area (Å²) in [5.74, 6) is -0.600. The predicted octanol–water partition coefficient (Wildman–Crippen LogP) is 4.66. The van der Waals surface area contributed by atoms with Gasteiger partial charge in [0.1, 0.15) is 5.82 Å². The maximum atomic E-state index is 13.0. The molecule has 0 amide bonds. The van der Waals surface area contributed by atoms with Crippen molar-refractivity contribution < 1.29 is 9.18 Å². The molecule has 2 aromatic rings. The van der Waals surface area contributed by atoms with Gasteiger partial charge in [-0.15, -0.1) is 0 Å². The summed E-state index contributed by atoms with van der Waals surface area (Å²) in [6, 6.07) is 4.18. The number of hydrogen-bond donors (Lipinski definition) is 0. The molecule has 0 radical (unpaired) electrons. The third-order valence-corrected chi connectivity index (χ3v) is 3.59. The molecule has 0 saturated heterocycles. The van der Waals surface area contributed by atoms with E-state index in [4.69, 9.17) is 34.8 Å². The summed E-state index contributed by atoms with van der Waals surface area (Å²) in [7, 11) is 0. The fourth-order valence-corrected chi connectivity index (χ4v) is 2.10. The monoisotopic (exact) mass is 303 g/mol. The lowest BCUT2D eigenvalue weighted by atomic mass is 10.1. The Hall–Kier alpha value is -1.16. The van der Waals surface area contributed by atoms with E-state index < -0.39 is 5.82 Å². The van der Waals surface area contributed by atoms with Crippen molar-refractivity contribution >= 4 is 41.1 Å². The Morgan fingerprint density at radius 3 is 2.56 bits per heavy atom. The minimum Gasteiger partial charge on any atom is -0.298 e. The lowest BCUT2D eigenvalue weighted by molar-refractivity contribution is 0.112. The third-order valence-electron chi connectivity index (χ3n) is 2.30. The van der Waals surface area contributed by atoms with Crippen LogP contribution in [-0.4, -0.2) is 11.3 Å². The number of aromatic nitrogens is 1. The van der Waals surface area contributed by atoms with Gasteiger partial charge in [-0.1, -0.05) is 34.8 Å². The van der Waals surface area contributed by atoms with Crippen molar-refractivity contribution in [1.82, 2.24) is 4.98 Å². The van der Waals surface area contributed by atoms with E-state index >= 15 is 0 Å². The first-order chi connectivity index (χ1) is 8.54. The smallest absolute Gasteiger partial charge is 0.152 e. The second-order valence-corrected chi connectivity index (χ2v) is 4.60. The number of pyridine rings is 1. The van der Waals surface area contributed by atoms with Crippen LogP contribution in [0.3, 0.4) is 0 Å². The highest BCUT2D eigenvalue weighted by molar-refractivity contribution is 6.49. The Morgan fingerprint density at radius 1 is 1.17 bits per heavy atom. The molecule has 1 aromatic heterocycles. The number of halogens is 4. The molecule has 92 valence electrons. The average Bonchev–Trinajstić information content (AvgIpc) is 2.37. The van der Waals surface area contributed by atoms with E-state index in [0.29, 0.717) is 16.9 Å². The lowest BCUT2D eigenvalue weighted by Gasteiger charge is -2.08. The zero-order valence-electron chi connectivity index (χ0n) is 8.75. The van der Waals surface area contributed by atoms with E-state index in [2.05, 4.69) is 4.98 Å². The van der Waals surface area contributed by atoms with Gasteiger partial charge in [-0.05, 0) is 18.2 Å². The molecule has 2 nitrogen and oxygen atoms in total. The standard InChI is InChI=1S/C12H5Cl3FNO/c13-9-2-1-8(10(14)11(9)15)12-6(5-18)3-7(16)4-17-12/h1-5H. The zero-order valence-corrected chi connectivity index (χ0v) is 11.0. The van der Waals surface area contributed by atoms with E-state index in [0.717, 1.165) is 12.3 Å². The molecule has 1 aromatic carbocycles. The van der Waals surface area contributed by atoms with Crippen molar-refractivity contribution in [3.8, 4) is 11.3 Å². The van der Waals surface area contributed by atoms with Gasteiger partial charge in [0.15, 0.2) is 6.29 Å². The third kappa shape index (κ3) is 2.34. The number of carbonyl (C=O) groups excluding carboxylic acids is 1. The fourth-order valence-electron chi connectivity index (χ4n) is 1.48. The molecule has 0 atom stereocenters. The molecule has 0 aliphatic heterocycles. The van der Waals surface area contributed by atoms with Crippen LogP contribution in [0.4, 0.5) is 4.39 Å². The summed E-state index contributed by atoms with van der Waals surface area (Å²) >= 11 is 17.7. The van der Waals surface area contributed by atoms with Gasteiger partial charge in [-0.3, -0.25) is 9.78 Å². The molecule has 0 aliphatic carbocycles. The molecule has 0 fully saturated rings. The van der Waals surface area contributed by atoms with Crippen molar-refractivity contribution in [3.63, 3.8) is 0 Å². The molecule has 0 saturated carbocycles. The number of carbonyl (C=O) groups is 1. The lowest BCUT2D eigenvalue weighted by Crippen LogP contribution is -1.94. The van der Waals surface area contributed by atoms with Crippen LogP contribution in [-0.2, 0) is 0 Å². The largest absolute Gasteiger partial charge is 0.298 e. The highest BCUT2D eigenvalue weighted by atomic mass is 35.5. The predicted molar refractivity (Wildman–Crippen MR) is 70.0 cm³/mol. The van der Waals surface area contributed by atoms with E-state index in [9.17, 15) is 9.18 Å².